The number of nitrogens with zero attached hydrogens (tertiary/aromatic N) is 6. The molecule has 1 aliphatic heterocycles. The highest BCUT2D eigenvalue weighted by atomic mass is 19.1. The van der Waals surface area contributed by atoms with E-state index in [1.807, 2.05) is 39.0 Å². The number of rotatable bonds is 12. The number of aryl methyl sites for hydroxylation is 1. The van der Waals surface area contributed by atoms with E-state index in [-0.39, 0.29) is 5.56 Å². The van der Waals surface area contributed by atoms with Crippen molar-refractivity contribution in [2.75, 3.05) is 45.6 Å². The maximum absolute atomic E-state index is 15.4. The van der Waals surface area contributed by atoms with Gasteiger partial charge >= 0.3 is 0 Å². The van der Waals surface area contributed by atoms with Gasteiger partial charge in [0.1, 0.15) is 11.5 Å². The van der Waals surface area contributed by atoms with Crippen molar-refractivity contribution in [2.45, 2.75) is 59.5 Å². The van der Waals surface area contributed by atoms with Gasteiger partial charge in [-0.05, 0) is 88.4 Å². The zero-order chi connectivity index (χ0) is 38.0. The molecule has 1 aromatic heterocycles. The largest absolute Gasteiger partial charge is 0.392 e. The Balaban J connectivity index is 1.61. The molecule has 10 nitrogen and oxygen atoms in total. The molecule has 11 heteroatoms. The second-order valence-electron chi connectivity index (χ2n) is 13.5. The first-order valence-electron chi connectivity index (χ1n) is 17.4. The minimum Gasteiger partial charge on any atom is -0.392 e. The Hall–Kier alpha value is -5.49. The van der Waals surface area contributed by atoms with E-state index in [1.54, 1.807) is 56.5 Å². The number of hydrogen-bond donors (Lipinski definition) is 3. The zero-order valence-electron chi connectivity index (χ0n) is 31.6. The van der Waals surface area contributed by atoms with Gasteiger partial charge in [0.05, 0.1) is 34.6 Å². The molecular weight excluding hydrogens is 654 g/mol. The number of benzene rings is 2. The number of piperazine rings is 1. The van der Waals surface area contributed by atoms with Gasteiger partial charge in [0.15, 0.2) is 5.82 Å². The summed E-state index contributed by atoms with van der Waals surface area (Å²) in [5, 5.41) is 19.1. The summed E-state index contributed by atoms with van der Waals surface area (Å²) in [5.74, 6) is 5.56. The van der Waals surface area contributed by atoms with Crippen LogP contribution >= 0.6 is 0 Å². The molecule has 0 spiro atoms. The fourth-order valence-electron chi connectivity index (χ4n) is 5.94. The van der Waals surface area contributed by atoms with Crippen LogP contribution in [0.1, 0.15) is 78.7 Å². The maximum atomic E-state index is 15.4. The Morgan fingerprint density at radius 1 is 1.15 bits per heavy atom. The Morgan fingerprint density at radius 3 is 2.50 bits per heavy atom. The SMILES string of the molecule is C=Cn1c(C#Cc2cc(C(=O)Nc3cc(CN4CCN(C(C)C)CC4)cc(C(C)(C)C#N)c3)c(F)cc2C)cnc1/C(=C\C)N/C(C=NC)=C/NC. The van der Waals surface area contributed by atoms with Gasteiger partial charge in [-0.1, -0.05) is 24.6 Å². The molecule has 272 valence electrons. The van der Waals surface area contributed by atoms with E-state index < -0.39 is 17.1 Å². The van der Waals surface area contributed by atoms with Crippen LogP contribution < -0.4 is 16.0 Å². The second kappa shape index (κ2) is 17.6. The lowest BCUT2D eigenvalue weighted by molar-refractivity contribution is 0.102. The second-order valence-corrected chi connectivity index (χ2v) is 13.5. The highest BCUT2D eigenvalue weighted by molar-refractivity contribution is 6.05. The molecule has 1 aliphatic rings. The van der Waals surface area contributed by atoms with E-state index >= 15 is 4.39 Å². The number of anilines is 1. The molecule has 1 fully saturated rings. The molecule has 1 amide bonds. The average Bonchev–Trinajstić information content (AvgIpc) is 3.53. The molecule has 0 atom stereocenters. The van der Waals surface area contributed by atoms with Crippen LogP contribution in [0.2, 0.25) is 0 Å². The molecule has 2 aromatic carbocycles. The van der Waals surface area contributed by atoms with E-state index in [9.17, 15) is 10.1 Å². The maximum Gasteiger partial charge on any atom is 0.258 e. The summed E-state index contributed by atoms with van der Waals surface area (Å²) in [4.78, 5) is 27.2. The van der Waals surface area contributed by atoms with Crippen molar-refractivity contribution in [1.82, 2.24) is 30.0 Å². The summed E-state index contributed by atoms with van der Waals surface area (Å²) in [7, 11) is 3.49. The van der Waals surface area contributed by atoms with Crippen LogP contribution in [0.5, 0.6) is 0 Å². The summed E-state index contributed by atoms with van der Waals surface area (Å²) in [6, 6.07) is 11.4. The van der Waals surface area contributed by atoms with Crippen LogP contribution in [0.25, 0.3) is 11.9 Å². The number of hydrogen-bond acceptors (Lipinski definition) is 8. The lowest BCUT2D eigenvalue weighted by atomic mass is 9.85. The van der Waals surface area contributed by atoms with Gasteiger partial charge in [0.25, 0.3) is 5.91 Å². The van der Waals surface area contributed by atoms with Crippen molar-refractivity contribution in [3.63, 3.8) is 0 Å². The third-order valence-corrected chi connectivity index (χ3v) is 9.04. The van der Waals surface area contributed by atoms with Crippen LogP contribution in [0, 0.1) is 35.9 Å². The van der Waals surface area contributed by atoms with Gasteiger partial charge in [0, 0.05) is 82.7 Å². The van der Waals surface area contributed by atoms with Crippen molar-refractivity contribution in [2.24, 2.45) is 4.99 Å². The van der Waals surface area contributed by atoms with E-state index in [2.05, 4.69) is 74.1 Å². The van der Waals surface area contributed by atoms with Gasteiger partial charge in [-0.25, -0.2) is 9.37 Å². The van der Waals surface area contributed by atoms with Crippen LogP contribution in [0.4, 0.5) is 10.1 Å². The van der Waals surface area contributed by atoms with E-state index in [0.29, 0.717) is 46.6 Å². The number of amides is 1. The van der Waals surface area contributed by atoms with E-state index in [4.69, 9.17) is 0 Å². The van der Waals surface area contributed by atoms with Crippen molar-refractivity contribution in [1.29, 1.82) is 5.26 Å². The summed E-state index contributed by atoms with van der Waals surface area (Å²) < 4.78 is 17.1. The number of nitrogens with one attached hydrogen (secondary N) is 3. The summed E-state index contributed by atoms with van der Waals surface area (Å²) in [5.41, 5.74) is 4.41. The molecule has 0 unspecified atom stereocenters. The standard InChI is InChI=1S/C41H50FN9O/c1-10-38(47-34(23-44-8)24-45-9)39-46-25-35(51(39)11-2)13-12-31-21-36(37(42)18-29(31)5)40(52)48-33-20-30(19-32(22-33)41(6,7)27-43)26-49-14-16-50(17-15-49)28(3)4/h10-11,18-25,28,44,47H,2,14-17,26H2,1,3-9H3,(H,48,52)/b34-23+,38-10+,45-24?. The van der Waals surface area contributed by atoms with Gasteiger partial charge in [-0.3, -0.25) is 24.2 Å². The smallest absolute Gasteiger partial charge is 0.258 e. The van der Waals surface area contributed by atoms with Crippen LogP contribution in [0.3, 0.4) is 0 Å². The van der Waals surface area contributed by atoms with Crippen molar-refractivity contribution in [3.8, 4) is 17.9 Å². The van der Waals surface area contributed by atoms with Crippen molar-refractivity contribution in [3.05, 3.63) is 106 Å². The molecule has 52 heavy (non-hydrogen) atoms. The van der Waals surface area contributed by atoms with Crippen LogP contribution in [-0.2, 0) is 12.0 Å². The minimum atomic E-state index is -0.791. The fraction of sp³-hybridized carbons (Fsp3) is 0.366. The lowest BCUT2D eigenvalue weighted by Crippen LogP contribution is -2.48. The Kier molecular flexibility index (Phi) is 13.3. The van der Waals surface area contributed by atoms with Gasteiger partial charge in [-0.15, -0.1) is 0 Å². The molecule has 0 saturated carbocycles. The van der Waals surface area contributed by atoms with Gasteiger partial charge in [0.2, 0.25) is 0 Å². The summed E-state index contributed by atoms with van der Waals surface area (Å²) in [6.45, 7) is 20.2. The molecule has 4 rings (SSSR count). The first-order chi connectivity index (χ1) is 24.8. The average molecular weight is 704 g/mol. The highest BCUT2D eigenvalue weighted by Crippen LogP contribution is 2.28. The third-order valence-electron chi connectivity index (χ3n) is 9.04. The molecule has 3 aromatic rings. The van der Waals surface area contributed by atoms with Crippen molar-refractivity contribution < 1.29 is 9.18 Å². The molecule has 0 bridgehead atoms. The first-order valence-corrected chi connectivity index (χ1v) is 17.4. The fourth-order valence-corrected chi connectivity index (χ4v) is 5.94. The monoisotopic (exact) mass is 703 g/mol. The zero-order valence-corrected chi connectivity index (χ0v) is 31.6. The third kappa shape index (κ3) is 9.64. The highest BCUT2D eigenvalue weighted by Gasteiger charge is 2.24. The molecule has 1 saturated heterocycles. The molecule has 0 aliphatic carbocycles. The first kappa shape index (κ1) is 39.3. The van der Waals surface area contributed by atoms with Gasteiger partial charge < -0.3 is 16.0 Å². The number of imidazole rings is 1. The van der Waals surface area contributed by atoms with Crippen molar-refractivity contribution >= 4 is 29.7 Å². The summed E-state index contributed by atoms with van der Waals surface area (Å²) in [6.07, 6.45) is 8.60. The summed E-state index contributed by atoms with van der Waals surface area (Å²) >= 11 is 0. The number of nitriles is 1. The molecular formula is C41H50FN9O. The Labute approximate surface area is 307 Å². The molecule has 0 radical (unpaired) electrons. The topological polar surface area (TPSA) is 114 Å². The van der Waals surface area contributed by atoms with Gasteiger partial charge in [-0.2, -0.15) is 5.26 Å². The Bertz CT molecular complexity index is 1980. The normalized spacial score (nSPS) is 14.6. The minimum absolute atomic E-state index is 0.133. The number of halogens is 1. The van der Waals surface area contributed by atoms with E-state index in [0.717, 1.165) is 43.0 Å². The number of aliphatic imine (C=N–C) groups is 1. The number of carbonyl (C=O) groups is 1. The predicted octanol–water partition coefficient (Wildman–Crippen LogP) is 6.12. The predicted molar refractivity (Wildman–Crippen MR) is 209 cm³/mol. The van der Waals surface area contributed by atoms with Crippen LogP contribution in [0.15, 0.2) is 66.1 Å². The number of aromatic nitrogens is 2. The quantitative estimate of drug-likeness (QED) is 0.154. The van der Waals surface area contributed by atoms with Crippen LogP contribution in [-0.4, -0.2) is 77.8 Å². The van der Waals surface area contributed by atoms with E-state index in [1.165, 1.54) is 12.1 Å². The molecule has 2 heterocycles. The molecule has 3 N–H and O–H groups in total. The lowest BCUT2D eigenvalue weighted by Gasteiger charge is -2.37. The number of allylic oxidation sites excluding steroid dienone is 2. The Morgan fingerprint density at radius 2 is 1.88 bits per heavy atom. The number of carbonyl (C=O) groups excluding carboxylic acids is 1.